The highest BCUT2D eigenvalue weighted by molar-refractivity contribution is 5.25. The number of nitrogens with two attached hydrogens (primary N) is 1. The van der Waals surface area contributed by atoms with Crippen LogP contribution in [0.1, 0.15) is 37.4 Å². The zero-order valence-electron chi connectivity index (χ0n) is 12.3. The van der Waals surface area contributed by atoms with E-state index in [1.165, 1.54) is 6.07 Å². The zero-order chi connectivity index (χ0) is 14.6. The quantitative estimate of drug-likeness (QED) is 0.832. The molecule has 0 saturated heterocycles. The summed E-state index contributed by atoms with van der Waals surface area (Å²) in [6, 6.07) is 4.95. The molecule has 1 unspecified atom stereocenters. The molecule has 1 aromatic carbocycles. The Balaban J connectivity index is 2.60. The van der Waals surface area contributed by atoms with Crippen molar-refractivity contribution < 1.29 is 9.50 Å². The van der Waals surface area contributed by atoms with Crippen LogP contribution in [0.4, 0.5) is 4.39 Å². The minimum absolute atomic E-state index is 0.0951. The van der Waals surface area contributed by atoms with Crippen LogP contribution in [0, 0.1) is 12.7 Å². The summed E-state index contributed by atoms with van der Waals surface area (Å²) in [5, 5.41) is 9.29. The summed E-state index contributed by atoms with van der Waals surface area (Å²) in [6.07, 6.45) is 0.725. The van der Waals surface area contributed by atoms with Crippen molar-refractivity contribution in [3.63, 3.8) is 0 Å². The van der Waals surface area contributed by atoms with Gasteiger partial charge in [-0.05, 0) is 51.4 Å². The lowest BCUT2D eigenvalue weighted by Gasteiger charge is -2.34. The Kier molecular flexibility index (Phi) is 5.47. The number of aryl methyl sites for hydroxylation is 1. The molecular formula is C15H25FN2O. The highest BCUT2D eigenvalue weighted by atomic mass is 19.1. The van der Waals surface area contributed by atoms with Crippen LogP contribution in [0.15, 0.2) is 18.2 Å². The smallest absolute Gasteiger partial charge is 0.126 e. The molecule has 1 aromatic rings. The number of rotatable bonds is 6. The first kappa shape index (κ1) is 16.1. The first-order valence-electron chi connectivity index (χ1n) is 6.61. The Labute approximate surface area is 115 Å². The molecule has 0 aliphatic carbocycles. The normalized spacial score (nSPS) is 13.9. The topological polar surface area (TPSA) is 49.5 Å². The Morgan fingerprint density at radius 2 is 2.05 bits per heavy atom. The summed E-state index contributed by atoms with van der Waals surface area (Å²) in [4.78, 5) is 2.07. The van der Waals surface area contributed by atoms with E-state index in [1.54, 1.807) is 13.0 Å². The standard InChI is InChI=1S/C15H25FN2O/c1-11-5-6-12(9-13(11)16)14(17)7-8-18(4)15(2,3)10-19/h5-6,9,14,19H,7-8,10,17H2,1-4H3. The molecule has 0 saturated carbocycles. The largest absolute Gasteiger partial charge is 0.394 e. The molecule has 3 N–H and O–H groups in total. The molecule has 0 spiro atoms. The summed E-state index contributed by atoms with van der Waals surface area (Å²) in [5.74, 6) is -0.211. The molecule has 0 fully saturated rings. The second-order valence-corrected chi connectivity index (χ2v) is 5.80. The third-order valence-electron chi connectivity index (χ3n) is 3.82. The Morgan fingerprint density at radius 1 is 1.42 bits per heavy atom. The molecule has 0 radical (unpaired) electrons. The molecule has 19 heavy (non-hydrogen) atoms. The molecule has 0 bridgehead atoms. The van der Waals surface area contributed by atoms with Gasteiger partial charge in [0.05, 0.1) is 6.61 Å². The van der Waals surface area contributed by atoms with E-state index in [1.807, 2.05) is 27.0 Å². The van der Waals surface area contributed by atoms with Gasteiger partial charge >= 0.3 is 0 Å². The maximum Gasteiger partial charge on any atom is 0.126 e. The molecule has 108 valence electrons. The van der Waals surface area contributed by atoms with Crippen molar-refractivity contribution in [2.24, 2.45) is 5.73 Å². The highest BCUT2D eigenvalue weighted by Gasteiger charge is 2.22. The zero-order valence-corrected chi connectivity index (χ0v) is 12.3. The van der Waals surface area contributed by atoms with E-state index in [0.29, 0.717) is 5.56 Å². The lowest BCUT2D eigenvalue weighted by molar-refractivity contribution is 0.0767. The van der Waals surface area contributed by atoms with Crippen LogP contribution < -0.4 is 5.73 Å². The fourth-order valence-corrected chi connectivity index (χ4v) is 1.76. The van der Waals surface area contributed by atoms with Gasteiger partial charge in [0.15, 0.2) is 0 Å². The summed E-state index contributed by atoms with van der Waals surface area (Å²) < 4.78 is 13.5. The van der Waals surface area contributed by atoms with E-state index >= 15 is 0 Å². The van der Waals surface area contributed by atoms with E-state index in [9.17, 15) is 9.50 Å². The van der Waals surface area contributed by atoms with E-state index in [0.717, 1.165) is 18.5 Å². The molecule has 1 atom stereocenters. The molecule has 0 aromatic heterocycles. The number of aliphatic hydroxyl groups excluding tert-OH is 1. The molecule has 3 nitrogen and oxygen atoms in total. The molecule has 0 heterocycles. The minimum atomic E-state index is -0.266. The molecule has 4 heteroatoms. The van der Waals surface area contributed by atoms with E-state index in [4.69, 9.17) is 5.73 Å². The Morgan fingerprint density at radius 3 is 2.58 bits per heavy atom. The van der Waals surface area contributed by atoms with E-state index < -0.39 is 0 Å². The van der Waals surface area contributed by atoms with Crippen molar-refractivity contribution in [1.29, 1.82) is 0 Å². The lowest BCUT2D eigenvalue weighted by Crippen LogP contribution is -2.45. The predicted octanol–water partition coefficient (Wildman–Crippen LogP) is 2.23. The Bertz CT molecular complexity index is 421. The second kappa shape index (κ2) is 6.46. The number of hydrogen-bond acceptors (Lipinski definition) is 3. The number of aliphatic hydroxyl groups is 1. The van der Waals surface area contributed by atoms with E-state index in [2.05, 4.69) is 4.90 Å². The maximum atomic E-state index is 13.5. The number of nitrogens with zero attached hydrogens (tertiary/aromatic N) is 1. The van der Waals surface area contributed by atoms with Crippen LogP contribution in [0.2, 0.25) is 0 Å². The van der Waals surface area contributed by atoms with Crippen molar-refractivity contribution >= 4 is 0 Å². The van der Waals surface area contributed by atoms with Gasteiger partial charge in [0.1, 0.15) is 5.82 Å². The first-order valence-corrected chi connectivity index (χ1v) is 6.61. The highest BCUT2D eigenvalue weighted by Crippen LogP contribution is 2.19. The van der Waals surface area contributed by atoms with Crippen molar-refractivity contribution in [1.82, 2.24) is 4.90 Å². The summed E-state index contributed by atoms with van der Waals surface area (Å²) in [6.45, 7) is 6.54. The third-order valence-corrected chi connectivity index (χ3v) is 3.82. The van der Waals surface area contributed by atoms with Gasteiger partial charge < -0.3 is 10.8 Å². The van der Waals surface area contributed by atoms with Gasteiger partial charge in [-0.3, -0.25) is 4.90 Å². The molecule has 0 aliphatic rings. The van der Waals surface area contributed by atoms with Crippen LogP contribution in [-0.2, 0) is 0 Å². The van der Waals surface area contributed by atoms with Crippen LogP contribution in [0.3, 0.4) is 0 Å². The van der Waals surface area contributed by atoms with Crippen molar-refractivity contribution in [2.75, 3.05) is 20.2 Å². The van der Waals surface area contributed by atoms with Gasteiger partial charge in [0.2, 0.25) is 0 Å². The van der Waals surface area contributed by atoms with Crippen LogP contribution in [-0.4, -0.2) is 35.7 Å². The third kappa shape index (κ3) is 4.27. The van der Waals surface area contributed by atoms with Crippen LogP contribution >= 0.6 is 0 Å². The summed E-state index contributed by atoms with van der Waals surface area (Å²) in [7, 11) is 1.96. The van der Waals surface area contributed by atoms with Crippen LogP contribution in [0.25, 0.3) is 0 Å². The van der Waals surface area contributed by atoms with Gasteiger partial charge in [-0.25, -0.2) is 4.39 Å². The van der Waals surface area contributed by atoms with Gasteiger partial charge in [0, 0.05) is 18.1 Å². The van der Waals surface area contributed by atoms with Gasteiger partial charge in [-0.1, -0.05) is 12.1 Å². The molecular weight excluding hydrogens is 243 g/mol. The number of likely N-dealkylation sites (N-methyl/N-ethyl adjacent to an activating group) is 1. The molecule has 1 rings (SSSR count). The second-order valence-electron chi connectivity index (χ2n) is 5.80. The van der Waals surface area contributed by atoms with Gasteiger partial charge in [-0.15, -0.1) is 0 Å². The SMILES string of the molecule is Cc1ccc(C(N)CCN(C)C(C)(C)CO)cc1F. The average molecular weight is 268 g/mol. The maximum absolute atomic E-state index is 13.5. The van der Waals surface area contributed by atoms with Gasteiger partial charge in [0.25, 0.3) is 0 Å². The monoisotopic (exact) mass is 268 g/mol. The molecule has 0 aliphatic heterocycles. The number of halogens is 1. The first-order chi connectivity index (χ1) is 8.77. The summed E-state index contributed by atoms with van der Waals surface area (Å²) in [5.41, 5.74) is 7.28. The fraction of sp³-hybridized carbons (Fsp3) is 0.600. The fourth-order valence-electron chi connectivity index (χ4n) is 1.76. The molecule has 0 amide bonds. The minimum Gasteiger partial charge on any atom is -0.394 e. The van der Waals surface area contributed by atoms with Crippen molar-refractivity contribution in [3.8, 4) is 0 Å². The van der Waals surface area contributed by atoms with E-state index in [-0.39, 0.29) is 24.0 Å². The van der Waals surface area contributed by atoms with Crippen molar-refractivity contribution in [3.05, 3.63) is 35.1 Å². The lowest BCUT2D eigenvalue weighted by atomic mass is 10.0. The van der Waals surface area contributed by atoms with Crippen LogP contribution in [0.5, 0.6) is 0 Å². The predicted molar refractivity (Wildman–Crippen MR) is 76.5 cm³/mol. The Hall–Kier alpha value is -0.970. The summed E-state index contributed by atoms with van der Waals surface area (Å²) >= 11 is 0. The number of hydrogen-bond donors (Lipinski definition) is 2. The van der Waals surface area contributed by atoms with Gasteiger partial charge in [-0.2, -0.15) is 0 Å². The number of benzene rings is 1. The average Bonchev–Trinajstić information content (AvgIpc) is 2.38. The van der Waals surface area contributed by atoms with Crippen molar-refractivity contribution in [2.45, 2.75) is 38.8 Å².